The molecule has 0 aliphatic carbocycles. The van der Waals surface area contributed by atoms with Gasteiger partial charge in [-0.3, -0.25) is 14.8 Å². The van der Waals surface area contributed by atoms with Crippen LogP contribution in [0.2, 0.25) is 5.02 Å². The van der Waals surface area contributed by atoms with Crippen LogP contribution in [0.15, 0.2) is 54.6 Å². The molecule has 0 aliphatic rings. The SMILES string of the molecule is CC[C@@H](C)[C@@H](NC(=O)OCc1ccccc1)C(=O)NC(Cc1ccccc1Cl)C(=O)NO. The van der Waals surface area contributed by atoms with Crippen molar-refractivity contribution in [3.8, 4) is 0 Å². The van der Waals surface area contributed by atoms with Crippen LogP contribution in [0, 0.1) is 5.92 Å². The number of amides is 3. The van der Waals surface area contributed by atoms with Crippen LogP contribution in [0.5, 0.6) is 0 Å². The van der Waals surface area contributed by atoms with Crippen LogP contribution < -0.4 is 16.1 Å². The van der Waals surface area contributed by atoms with E-state index in [2.05, 4.69) is 10.6 Å². The molecule has 0 heterocycles. The van der Waals surface area contributed by atoms with Gasteiger partial charge < -0.3 is 15.4 Å². The maximum Gasteiger partial charge on any atom is 0.408 e. The van der Waals surface area contributed by atoms with E-state index in [-0.39, 0.29) is 18.9 Å². The quantitative estimate of drug-likeness (QED) is 0.320. The Morgan fingerprint density at radius 2 is 1.66 bits per heavy atom. The van der Waals surface area contributed by atoms with Crippen LogP contribution in [0.25, 0.3) is 0 Å². The maximum atomic E-state index is 13.0. The van der Waals surface area contributed by atoms with Gasteiger partial charge in [-0.25, -0.2) is 10.3 Å². The summed E-state index contributed by atoms with van der Waals surface area (Å²) in [7, 11) is 0. The van der Waals surface area contributed by atoms with Gasteiger partial charge in [0.2, 0.25) is 5.91 Å². The summed E-state index contributed by atoms with van der Waals surface area (Å²) >= 11 is 6.16. The number of hydroxylamine groups is 1. The first-order valence-corrected chi connectivity index (χ1v) is 10.7. The van der Waals surface area contributed by atoms with E-state index in [1.807, 2.05) is 37.3 Å². The first kappa shape index (κ1) is 25.2. The summed E-state index contributed by atoms with van der Waals surface area (Å²) in [6.07, 6.45) is -0.0920. The number of benzene rings is 2. The second-order valence-electron chi connectivity index (χ2n) is 7.40. The standard InChI is InChI=1S/C23H28ClN3O5/c1-3-15(2)20(26-23(30)32-14-16-9-5-4-6-10-16)22(29)25-19(21(28)27-31)13-17-11-7-8-12-18(17)24/h4-12,15,19-20,31H,3,13-14H2,1-2H3,(H,25,29)(H,26,30)(H,27,28)/t15-,19?,20-/m1/s1. The molecule has 1 unspecified atom stereocenters. The highest BCUT2D eigenvalue weighted by Crippen LogP contribution is 2.17. The third kappa shape index (κ3) is 7.55. The Hall–Kier alpha value is -3.10. The zero-order valence-electron chi connectivity index (χ0n) is 18.0. The lowest BCUT2D eigenvalue weighted by Crippen LogP contribution is -2.56. The summed E-state index contributed by atoms with van der Waals surface area (Å²) in [5, 5.41) is 14.7. The second kappa shape index (κ2) is 12.7. The van der Waals surface area contributed by atoms with E-state index in [9.17, 15) is 14.4 Å². The molecule has 0 fully saturated rings. The van der Waals surface area contributed by atoms with Crippen LogP contribution in [-0.4, -0.2) is 35.2 Å². The van der Waals surface area contributed by atoms with Crippen molar-refractivity contribution < 1.29 is 24.3 Å². The molecule has 32 heavy (non-hydrogen) atoms. The molecule has 4 N–H and O–H groups in total. The van der Waals surface area contributed by atoms with E-state index in [0.717, 1.165) is 5.56 Å². The van der Waals surface area contributed by atoms with Crippen LogP contribution >= 0.6 is 11.6 Å². The molecule has 2 aromatic rings. The highest BCUT2D eigenvalue weighted by Gasteiger charge is 2.30. The van der Waals surface area contributed by atoms with Gasteiger partial charge in [0.15, 0.2) is 0 Å². The van der Waals surface area contributed by atoms with Crippen molar-refractivity contribution >= 4 is 29.5 Å². The van der Waals surface area contributed by atoms with E-state index in [1.54, 1.807) is 36.7 Å². The maximum absolute atomic E-state index is 13.0. The zero-order chi connectivity index (χ0) is 23.5. The lowest BCUT2D eigenvalue weighted by atomic mass is 9.97. The molecule has 0 saturated carbocycles. The molecule has 0 bridgehead atoms. The van der Waals surface area contributed by atoms with Crippen molar-refractivity contribution in [1.29, 1.82) is 0 Å². The van der Waals surface area contributed by atoms with Crippen LogP contribution in [-0.2, 0) is 27.4 Å². The topological polar surface area (TPSA) is 117 Å². The van der Waals surface area contributed by atoms with E-state index >= 15 is 0 Å². The number of halogens is 1. The first-order chi connectivity index (χ1) is 15.3. The molecular weight excluding hydrogens is 434 g/mol. The Balaban J connectivity index is 2.07. The lowest BCUT2D eigenvalue weighted by Gasteiger charge is -2.26. The van der Waals surface area contributed by atoms with Gasteiger partial charge in [-0.1, -0.05) is 80.4 Å². The Labute approximate surface area is 192 Å². The average molecular weight is 462 g/mol. The van der Waals surface area contributed by atoms with Crippen molar-refractivity contribution in [2.45, 2.75) is 45.4 Å². The predicted molar refractivity (Wildman–Crippen MR) is 120 cm³/mol. The minimum Gasteiger partial charge on any atom is -0.445 e. The lowest BCUT2D eigenvalue weighted by molar-refractivity contribution is -0.135. The number of rotatable bonds is 10. The molecule has 2 aromatic carbocycles. The third-order valence-electron chi connectivity index (χ3n) is 5.11. The summed E-state index contributed by atoms with van der Waals surface area (Å²) < 4.78 is 5.22. The summed E-state index contributed by atoms with van der Waals surface area (Å²) in [4.78, 5) is 37.5. The monoisotopic (exact) mass is 461 g/mol. The van der Waals surface area contributed by atoms with E-state index in [1.165, 1.54) is 0 Å². The zero-order valence-corrected chi connectivity index (χ0v) is 18.8. The van der Waals surface area contributed by atoms with Gasteiger partial charge in [-0.15, -0.1) is 0 Å². The number of hydrogen-bond acceptors (Lipinski definition) is 5. The normalized spacial score (nSPS) is 13.4. The molecule has 0 saturated heterocycles. The van der Waals surface area contributed by atoms with Gasteiger partial charge >= 0.3 is 6.09 Å². The van der Waals surface area contributed by atoms with Crippen LogP contribution in [0.1, 0.15) is 31.4 Å². The van der Waals surface area contributed by atoms with E-state index < -0.39 is 30.0 Å². The van der Waals surface area contributed by atoms with Gasteiger partial charge in [0.1, 0.15) is 18.7 Å². The summed E-state index contributed by atoms with van der Waals surface area (Å²) in [5.74, 6) is -1.61. The molecular formula is C23H28ClN3O5. The molecule has 2 rings (SSSR count). The Morgan fingerprint density at radius 1 is 1.00 bits per heavy atom. The highest BCUT2D eigenvalue weighted by atomic mass is 35.5. The number of ether oxygens (including phenoxy) is 1. The number of alkyl carbamates (subject to hydrolysis) is 1. The Kier molecular flexibility index (Phi) is 9.97. The highest BCUT2D eigenvalue weighted by molar-refractivity contribution is 6.31. The molecule has 0 aliphatic heterocycles. The first-order valence-electron chi connectivity index (χ1n) is 10.3. The van der Waals surface area contributed by atoms with Crippen molar-refractivity contribution in [3.63, 3.8) is 0 Å². The number of carbonyl (C=O) groups excluding carboxylic acids is 3. The summed E-state index contributed by atoms with van der Waals surface area (Å²) in [5.41, 5.74) is 3.00. The molecule has 3 atom stereocenters. The molecule has 0 aromatic heterocycles. The molecule has 0 radical (unpaired) electrons. The van der Waals surface area contributed by atoms with Gasteiger partial charge in [0.05, 0.1) is 0 Å². The van der Waals surface area contributed by atoms with Gasteiger partial charge in [0, 0.05) is 11.4 Å². The Bertz CT molecular complexity index is 910. The molecule has 0 spiro atoms. The van der Waals surface area contributed by atoms with Crippen LogP contribution in [0.4, 0.5) is 4.79 Å². The minimum absolute atomic E-state index is 0.0590. The second-order valence-corrected chi connectivity index (χ2v) is 7.81. The fraction of sp³-hybridized carbons (Fsp3) is 0.348. The summed E-state index contributed by atoms with van der Waals surface area (Å²) in [6.45, 7) is 3.74. The number of hydrogen-bond donors (Lipinski definition) is 4. The molecule has 9 heteroatoms. The minimum atomic E-state index is -1.10. The van der Waals surface area contributed by atoms with Crippen molar-refractivity contribution in [2.24, 2.45) is 5.92 Å². The van der Waals surface area contributed by atoms with E-state index in [0.29, 0.717) is 17.0 Å². The van der Waals surface area contributed by atoms with Gasteiger partial charge in [-0.2, -0.15) is 0 Å². The van der Waals surface area contributed by atoms with E-state index in [4.69, 9.17) is 21.5 Å². The van der Waals surface area contributed by atoms with Gasteiger partial charge in [-0.05, 0) is 23.1 Å². The van der Waals surface area contributed by atoms with Crippen molar-refractivity contribution in [1.82, 2.24) is 16.1 Å². The molecule has 8 nitrogen and oxygen atoms in total. The average Bonchev–Trinajstić information content (AvgIpc) is 2.81. The molecule has 3 amide bonds. The fourth-order valence-corrected chi connectivity index (χ4v) is 3.24. The summed E-state index contributed by atoms with van der Waals surface area (Å²) in [6, 6.07) is 14.0. The predicted octanol–water partition coefficient (Wildman–Crippen LogP) is 3.21. The fourth-order valence-electron chi connectivity index (χ4n) is 3.03. The van der Waals surface area contributed by atoms with Crippen LogP contribution in [0.3, 0.4) is 0 Å². The molecule has 172 valence electrons. The largest absolute Gasteiger partial charge is 0.445 e. The smallest absolute Gasteiger partial charge is 0.408 e. The van der Waals surface area contributed by atoms with Crippen molar-refractivity contribution in [2.75, 3.05) is 0 Å². The van der Waals surface area contributed by atoms with Gasteiger partial charge in [0.25, 0.3) is 5.91 Å². The Morgan fingerprint density at radius 3 is 2.28 bits per heavy atom. The number of nitrogens with one attached hydrogen (secondary N) is 3. The third-order valence-corrected chi connectivity index (χ3v) is 5.48. The van der Waals surface area contributed by atoms with Crippen molar-refractivity contribution in [3.05, 3.63) is 70.7 Å². The number of carbonyl (C=O) groups is 3.